The second kappa shape index (κ2) is 8.20. The largest absolute Gasteiger partial charge is 0.497 e. The minimum Gasteiger partial charge on any atom is -0.497 e. The number of sulfonamides is 1. The third-order valence-corrected chi connectivity index (χ3v) is 5.97. The third-order valence-electron chi connectivity index (χ3n) is 3.73. The first-order valence-electron chi connectivity index (χ1n) is 8.01. The minimum atomic E-state index is -3.74. The van der Waals surface area contributed by atoms with E-state index in [0.29, 0.717) is 17.0 Å². The summed E-state index contributed by atoms with van der Waals surface area (Å²) in [7, 11) is -2.20. The van der Waals surface area contributed by atoms with Crippen molar-refractivity contribution in [3.63, 3.8) is 0 Å². The Morgan fingerprint density at radius 1 is 1.04 bits per heavy atom. The van der Waals surface area contributed by atoms with Gasteiger partial charge in [-0.15, -0.1) is 11.3 Å². The van der Waals surface area contributed by atoms with Crippen LogP contribution in [0.1, 0.15) is 15.2 Å². The zero-order valence-corrected chi connectivity index (χ0v) is 16.1. The molecule has 0 bridgehead atoms. The van der Waals surface area contributed by atoms with Crippen LogP contribution in [0, 0.1) is 0 Å². The smallest absolute Gasteiger partial charge is 0.261 e. The normalized spacial score (nSPS) is 11.4. The van der Waals surface area contributed by atoms with Crippen LogP contribution < -0.4 is 9.46 Å². The Balaban J connectivity index is 1.72. The summed E-state index contributed by atoms with van der Waals surface area (Å²) in [6.45, 7) is 0. The zero-order chi connectivity index (χ0) is 19.3. The quantitative estimate of drug-likeness (QED) is 0.470. The SMILES string of the molecule is COc1ccc(NS(=O)(=O)c2ccc(C(=O)/C=C/c3cccs3)cc2)cc1. The van der Waals surface area contributed by atoms with E-state index in [9.17, 15) is 13.2 Å². The van der Waals surface area contributed by atoms with Crippen molar-refractivity contribution in [3.05, 3.63) is 82.6 Å². The lowest BCUT2D eigenvalue weighted by Gasteiger charge is -2.09. The number of methoxy groups -OCH3 is 1. The number of carbonyl (C=O) groups is 1. The van der Waals surface area contributed by atoms with Crippen LogP contribution in [0.5, 0.6) is 5.75 Å². The molecule has 1 aromatic heterocycles. The van der Waals surface area contributed by atoms with Gasteiger partial charge >= 0.3 is 0 Å². The second-order valence-corrected chi connectivity index (χ2v) is 8.23. The predicted octanol–water partition coefficient (Wildman–Crippen LogP) is 4.45. The molecule has 3 rings (SSSR count). The molecule has 1 heterocycles. The average Bonchev–Trinajstić information content (AvgIpc) is 3.20. The van der Waals surface area contributed by atoms with Crippen LogP contribution in [0.4, 0.5) is 5.69 Å². The summed E-state index contributed by atoms with van der Waals surface area (Å²) in [6.07, 6.45) is 3.22. The van der Waals surface area contributed by atoms with Crippen molar-refractivity contribution in [1.29, 1.82) is 0 Å². The predicted molar refractivity (Wildman–Crippen MR) is 108 cm³/mol. The number of nitrogens with one attached hydrogen (secondary N) is 1. The van der Waals surface area contributed by atoms with E-state index in [2.05, 4.69) is 4.72 Å². The van der Waals surface area contributed by atoms with Crippen LogP contribution in [0.15, 0.2) is 77.0 Å². The molecule has 0 radical (unpaired) electrons. The maximum atomic E-state index is 12.5. The lowest BCUT2D eigenvalue weighted by Crippen LogP contribution is -2.13. The number of carbonyl (C=O) groups excluding carboxylic acids is 1. The van der Waals surface area contributed by atoms with E-state index in [1.165, 1.54) is 48.8 Å². The fourth-order valence-corrected chi connectivity index (χ4v) is 3.99. The van der Waals surface area contributed by atoms with Gasteiger partial charge in [0.15, 0.2) is 5.78 Å². The summed E-state index contributed by atoms with van der Waals surface area (Å²) in [5.41, 5.74) is 0.848. The molecule has 0 saturated carbocycles. The van der Waals surface area contributed by atoms with Gasteiger partial charge in [-0.05, 0) is 72.1 Å². The maximum absolute atomic E-state index is 12.5. The van der Waals surface area contributed by atoms with Crippen LogP contribution >= 0.6 is 11.3 Å². The molecule has 0 fully saturated rings. The van der Waals surface area contributed by atoms with Gasteiger partial charge in [0.2, 0.25) is 0 Å². The Bertz CT molecular complexity index is 1040. The molecule has 0 unspecified atom stereocenters. The van der Waals surface area contributed by atoms with Crippen LogP contribution in [0.3, 0.4) is 0 Å². The number of anilines is 1. The maximum Gasteiger partial charge on any atom is 0.261 e. The van der Waals surface area contributed by atoms with E-state index in [1.807, 2.05) is 17.5 Å². The van der Waals surface area contributed by atoms with E-state index in [1.54, 1.807) is 30.3 Å². The second-order valence-electron chi connectivity index (χ2n) is 5.57. The Morgan fingerprint density at radius 2 is 1.74 bits per heavy atom. The van der Waals surface area contributed by atoms with Gasteiger partial charge in [0, 0.05) is 16.1 Å². The average molecular weight is 399 g/mol. The van der Waals surface area contributed by atoms with Crippen LogP contribution in [-0.2, 0) is 10.0 Å². The number of thiophene rings is 1. The topological polar surface area (TPSA) is 72.5 Å². The highest BCUT2D eigenvalue weighted by molar-refractivity contribution is 7.92. The molecule has 7 heteroatoms. The molecule has 138 valence electrons. The molecular formula is C20H17NO4S2. The highest BCUT2D eigenvalue weighted by atomic mass is 32.2. The molecule has 0 aliphatic heterocycles. The van der Waals surface area contributed by atoms with Crippen molar-refractivity contribution in [2.45, 2.75) is 4.90 Å². The summed E-state index contributed by atoms with van der Waals surface area (Å²) in [4.78, 5) is 13.3. The summed E-state index contributed by atoms with van der Waals surface area (Å²) in [5, 5.41) is 1.93. The molecule has 0 amide bonds. The number of hydrogen-bond acceptors (Lipinski definition) is 5. The Kier molecular flexibility index (Phi) is 5.73. The standard InChI is InChI=1S/C20H17NO4S2/c1-25-17-8-6-16(7-9-17)21-27(23,24)19-11-4-15(5-12-19)20(22)13-10-18-3-2-14-26-18/h2-14,21H,1H3/b13-10+. The number of allylic oxidation sites excluding steroid dienone is 1. The summed E-state index contributed by atoms with van der Waals surface area (Å²) in [5.74, 6) is 0.451. The van der Waals surface area contributed by atoms with E-state index in [-0.39, 0.29) is 10.7 Å². The van der Waals surface area contributed by atoms with Crippen LogP contribution in [0.25, 0.3) is 6.08 Å². The van der Waals surface area contributed by atoms with E-state index in [0.717, 1.165) is 4.88 Å². The van der Waals surface area contributed by atoms with Gasteiger partial charge in [0.05, 0.1) is 12.0 Å². The number of ketones is 1. The van der Waals surface area contributed by atoms with Gasteiger partial charge in [-0.2, -0.15) is 0 Å². The fraction of sp³-hybridized carbons (Fsp3) is 0.0500. The highest BCUT2D eigenvalue weighted by Gasteiger charge is 2.15. The first-order valence-corrected chi connectivity index (χ1v) is 10.4. The Hall–Kier alpha value is -2.90. The minimum absolute atomic E-state index is 0.0807. The molecule has 0 atom stereocenters. The number of hydrogen-bond donors (Lipinski definition) is 1. The van der Waals surface area contributed by atoms with Crippen LogP contribution in [-0.4, -0.2) is 21.3 Å². The Labute approximate surface area is 162 Å². The molecule has 0 saturated heterocycles. The zero-order valence-electron chi connectivity index (χ0n) is 14.5. The number of rotatable bonds is 7. The van der Waals surface area contributed by atoms with Gasteiger partial charge < -0.3 is 4.74 Å². The first-order chi connectivity index (χ1) is 13.0. The number of benzene rings is 2. The van der Waals surface area contributed by atoms with Gasteiger partial charge in [-0.1, -0.05) is 6.07 Å². The van der Waals surface area contributed by atoms with Crippen molar-refractivity contribution in [2.24, 2.45) is 0 Å². The van der Waals surface area contributed by atoms with Crippen molar-refractivity contribution in [2.75, 3.05) is 11.8 Å². The highest BCUT2D eigenvalue weighted by Crippen LogP contribution is 2.20. The third kappa shape index (κ3) is 4.84. The summed E-state index contributed by atoms with van der Waals surface area (Å²) >= 11 is 1.53. The van der Waals surface area contributed by atoms with E-state index < -0.39 is 10.0 Å². The Morgan fingerprint density at radius 3 is 2.33 bits per heavy atom. The molecule has 0 aliphatic rings. The van der Waals surface area contributed by atoms with Gasteiger partial charge in [0.1, 0.15) is 5.75 Å². The molecule has 0 spiro atoms. The molecule has 5 nitrogen and oxygen atoms in total. The monoisotopic (exact) mass is 399 g/mol. The molecule has 0 aliphatic carbocycles. The lowest BCUT2D eigenvalue weighted by atomic mass is 10.1. The first kappa shape index (κ1) is 18.9. The van der Waals surface area contributed by atoms with E-state index in [4.69, 9.17) is 4.74 Å². The molecule has 1 N–H and O–H groups in total. The van der Waals surface area contributed by atoms with E-state index >= 15 is 0 Å². The van der Waals surface area contributed by atoms with Crippen LogP contribution in [0.2, 0.25) is 0 Å². The van der Waals surface area contributed by atoms with Crippen molar-refractivity contribution >= 4 is 38.9 Å². The fourth-order valence-electron chi connectivity index (χ4n) is 2.31. The lowest BCUT2D eigenvalue weighted by molar-refractivity contribution is 0.104. The van der Waals surface area contributed by atoms with Crippen molar-refractivity contribution in [1.82, 2.24) is 0 Å². The van der Waals surface area contributed by atoms with Gasteiger partial charge in [-0.25, -0.2) is 8.42 Å². The molecule has 2 aromatic carbocycles. The molecule has 3 aromatic rings. The number of ether oxygens (including phenoxy) is 1. The molecular weight excluding hydrogens is 382 g/mol. The summed E-state index contributed by atoms with van der Waals surface area (Å²) in [6, 6.07) is 16.2. The summed E-state index contributed by atoms with van der Waals surface area (Å²) < 4.78 is 32.5. The van der Waals surface area contributed by atoms with Gasteiger partial charge in [-0.3, -0.25) is 9.52 Å². The van der Waals surface area contributed by atoms with Crippen molar-refractivity contribution in [3.8, 4) is 5.75 Å². The van der Waals surface area contributed by atoms with Gasteiger partial charge in [0.25, 0.3) is 10.0 Å². The molecule has 27 heavy (non-hydrogen) atoms. The van der Waals surface area contributed by atoms with Crippen molar-refractivity contribution < 1.29 is 17.9 Å².